The van der Waals surface area contributed by atoms with Gasteiger partial charge in [0.05, 0.1) is 5.69 Å². The van der Waals surface area contributed by atoms with Crippen LogP contribution >= 0.6 is 23.1 Å². The first-order valence-corrected chi connectivity index (χ1v) is 7.24. The molecule has 2 rings (SSSR count). The van der Waals surface area contributed by atoms with Crippen LogP contribution in [0.15, 0.2) is 5.38 Å². The molecule has 2 N–H and O–H groups in total. The smallest absolute Gasteiger partial charge is 0.180 e. The Hall–Kier alpha value is -0.260. The van der Waals surface area contributed by atoms with Gasteiger partial charge in [-0.2, -0.15) is 11.8 Å². The van der Waals surface area contributed by atoms with Crippen molar-refractivity contribution in [2.24, 2.45) is 0 Å². The summed E-state index contributed by atoms with van der Waals surface area (Å²) in [5, 5.41) is 3.55. The number of aromatic nitrogens is 1. The SMILES string of the molecule is CCC1CN(Cc2csc(N)n2)CCS1. The Morgan fingerprint density at radius 2 is 2.53 bits per heavy atom. The molecule has 2 heterocycles. The molecule has 0 aromatic carbocycles. The second-order valence-corrected chi connectivity index (χ2v) is 6.11. The van der Waals surface area contributed by atoms with Crippen molar-refractivity contribution in [2.75, 3.05) is 24.6 Å². The van der Waals surface area contributed by atoms with Crippen molar-refractivity contribution in [1.82, 2.24) is 9.88 Å². The van der Waals surface area contributed by atoms with Gasteiger partial charge in [0.15, 0.2) is 5.13 Å². The van der Waals surface area contributed by atoms with Crippen LogP contribution in [0.25, 0.3) is 0 Å². The van der Waals surface area contributed by atoms with Crippen LogP contribution in [0, 0.1) is 0 Å². The Morgan fingerprint density at radius 1 is 1.67 bits per heavy atom. The van der Waals surface area contributed by atoms with Gasteiger partial charge in [0, 0.05) is 36.0 Å². The molecule has 1 aliphatic heterocycles. The van der Waals surface area contributed by atoms with E-state index in [0.29, 0.717) is 5.13 Å². The lowest BCUT2D eigenvalue weighted by atomic mass is 10.3. The topological polar surface area (TPSA) is 42.1 Å². The lowest BCUT2D eigenvalue weighted by Gasteiger charge is -2.31. The number of anilines is 1. The van der Waals surface area contributed by atoms with Gasteiger partial charge >= 0.3 is 0 Å². The third-order valence-corrected chi connectivity index (χ3v) is 4.73. The van der Waals surface area contributed by atoms with E-state index in [9.17, 15) is 0 Å². The van der Waals surface area contributed by atoms with E-state index >= 15 is 0 Å². The number of hydrogen-bond acceptors (Lipinski definition) is 5. The van der Waals surface area contributed by atoms with Gasteiger partial charge < -0.3 is 5.73 Å². The normalized spacial score (nSPS) is 23.1. The van der Waals surface area contributed by atoms with E-state index in [1.165, 1.54) is 36.6 Å². The Morgan fingerprint density at radius 3 is 3.20 bits per heavy atom. The zero-order valence-electron chi connectivity index (χ0n) is 8.98. The van der Waals surface area contributed by atoms with Gasteiger partial charge in [0.2, 0.25) is 0 Å². The molecule has 1 atom stereocenters. The number of nitrogens with two attached hydrogens (primary N) is 1. The monoisotopic (exact) mass is 243 g/mol. The molecule has 84 valence electrons. The van der Waals surface area contributed by atoms with Gasteiger partial charge in [-0.3, -0.25) is 4.90 Å². The summed E-state index contributed by atoms with van der Waals surface area (Å²) in [7, 11) is 0. The van der Waals surface area contributed by atoms with E-state index < -0.39 is 0 Å². The molecule has 5 heteroatoms. The molecule has 0 radical (unpaired) electrons. The van der Waals surface area contributed by atoms with Gasteiger partial charge in [-0.1, -0.05) is 6.92 Å². The molecular weight excluding hydrogens is 226 g/mol. The number of hydrogen-bond donors (Lipinski definition) is 1. The molecule has 0 amide bonds. The van der Waals surface area contributed by atoms with Crippen molar-refractivity contribution in [3.8, 4) is 0 Å². The third-order valence-electron chi connectivity index (χ3n) is 2.63. The van der Waals surface area contributed by atoms with Crippen LogP contribution in [0.2, 0.25) is 0 Å². The molecule has 1 aromatic rings. The third kappa shape index (κ3) is 3.09. The molecule has 1 aliphatic rings. The molecule has 1 aromatic heterocycles. The fraction of sp³-hybridized carbons (Fsp3) is 0.700. The maximum absolute atomic E-state index is 5.62. The highest BCUT2D eigenvalue weighted by Gasteiger charge is 2.19. The van der Waals surface area contributed by atoms with Crippen LogP contribution in [-0.2, 0) is 6.54 Å². The molecule has 0 saturated carbocycles. The highest BCUT2D eigenvalue weighted by Crippen LogP contribution is 2.22. The molecule has 1 fully saturated rings. The van der Waals surface area contributed by atoms with Gasteiger partial charge in [0.25, 0.3) is 0 Å². The Balaban J connectivity index is 1.88. The van der Waals surface area contributed by atoms with Gasteiger partial charge in [-0.25, -0.2) is 4.98 Å². The van der Waals surface area contributed by atoms with Crippen LogP contribution in [0.1, 0.15) is 19.0 Å². The van der Waals surface area contributed by atoms with E-state index in [1.54, 1.807) is 0 Å². The van der Waals surface area contributed by atoms with Crippen molar-refractivity contribution < 1.29 is 0 Å². The Labute approximate surface area is 99.1 Å². The Kier molecular flexibility index (Phi) is 3.88. The standard InChI is InChI=1S/C10H17N3S2/c1-2-9-6-13(3-4-14-9)5-8-7-15-10(11)12-8/h7,9H,2-6H2,1H3,(H2,11,12). The molecule has 0 spiro atoms. The predicted molar refractivity (Wildman–Crippen MR) is 68.3 cm³/mol. The maximum atomic E-state index is 5.62. The van der Waals surface area contributed by atoms with E-state index in [1.807, 2.05) is 0 Å². The summed E-state index contributed by atoms with van der Waals surface area (Å²) in [5.41, 5.74) is 6.75. The number of nitrogens with zero attached hydrogens (tertiary/aromatic N) is 2. The molecule has 1 saturated heterocycles. The molecule has 1 unspecified atom stereocenters. The van der Waals surface area contributed by atoms with Crippen LogP contribution in [-0.4, -0.2) is 34.0 Å². The van der Waals surface area contributed by atoms with E-state index in [0.717, 1.165) is 17.5 Å². The van der Waals surface area contributed by atoms with Crippen LogP contribution < -0.4 is 5.73 Å². The summed E-state index contributed by atoms with van der Waals surface area (Å²) >= 11 is 3.63. The molecule has 15 heavy (non-hydrogen) atoms. The number of thiazole rings is 1. The van der Waals surface area contributed by atoms with Crippen molar-refractivity contribution in [2.45, 2.75) is 25.1 Å². The maximum Gasteiger partial charge on any atom is 0.180 e. The van der Waals surface area contributed by atoms with Crippen LogP contribution in [0.3, 0.4) is 0 Å². The highest BCUT2D eigenvalue weighted by molar-refractivity contribution is 8.00. The summed E-state index contributed by atoms with van der Waals surface area (Å²) in [6, 6.07) is 0. The zero-order valence-corrected chi connectivity index (χ0v) is 10.6. The number of nitrogen functional groups attached to an aromatic ring is 1. The van der Waals surface area contributed by atoms with Gasteiger partial charge in [-0.05, 0) is 6.42 Å². The minimum Gasteiger partial charge on any atom is -0.375 e. The van der Waals surface area contributed by atoms with E-state index in [2.05, 4.69) is 33.9 Å². The first kappa shape index (κ1) is 11.2. The van der Waals surface area contributed by atoms with Crippen LogP contribution in [0.4, 0.5) is 5.13 Å². The van der Waals surface area contributed by atoms with Crippen molar-refractivity contribution in [1.29, 1.82) is 0 Å². The largest absolute Gasteiger partial charge is 0.375 e. The van der Waals surface area contributed by atoms with E-state index in [4.69, 9.17) is 5.73 Å². The van der Waals surface area contributed by atoms with Gasteiger partial charge in [-0.15, -0.1) is 11.3 Å². The second-order valence-electron chi connectivity index (χ2n) is 3.81. The van der Waals surface area contributed by atoms with Gasteiger partial charge in [0.1, 0.15) is 0 Å². The number of rotatable bonds is 3. The van der Waals surface area contributed by atoms with Crippen molar-refractivity contribution in [3.05, 3.63) is 11.1 Å². The number of thioether (sulfide) groups is 1. The molecule has 0 bridgehead atoms. The summed E-state index contributed by atoms with van der Waals surface area (Å²) in [4.78, 5) is 6.79. The minimum atomic E-state index is 0.684. The summed E-state index contributed by atoms with van der Waals surface area (Å²) in [5.74, 6) is 1.25. The minimum absolute atomic E-state index is 0.684. The Bertz CT molecular complexity index is 313. The predicted octanol–water partition coefficient (Wildman–Crippen LogP) is 2.05. The second kappa shape index (κ2) is 5.18. The first-order chi connectivity index (χ1) is 7.28. The average Bonchev–Trinajstić information content (AvgIpc) is 2.64. The quantitative estimate of drug-likeness (QED) is 0.882. The molecular formula is C10H17N3S2. The zero-order chi connectivity index (χ0) is 10.7. The fourth-order valence-corrected chi connectivity index (χ4v) is 3.60. The van der Waals surface area contributed by atoms with E-state index in [-0.39, 0.29) is 0 Å². The lowest BCUT2D eigenvalue weighted by molar-refractivity contribution is 0.270. The fourth-order valence-electron chi connectivity index (χ4n) is 1.80. The average molecular weight is 243 g/mol. The van der Waals surface area contributed by atoms with Crippen LogP contribution in [0.5, 0.6) is 0 Å². The van der Waals surface area contributed by atoms with Crippen molar-refractivity contribution >= 4 is 28.2 Å². The highest BCUT2D eigenvalue weighted by atomic mass is 32.2. The lowest BCUT2D eigenvalue weighted by Crippen LogP contribution is -2.37. The summed E-state index contributed by atoms with van der Waals surface area (Å²) in [6.45, 7) is 5.60. The first-order valence-electron chi connectivity index (χ1n) is 5.31. The summed E-state index contributed by atoms with van der Waals surface area (Å²) < 4.78 is 0. The molecule has 0 aliphatic carbocycles. The van der Waals surface area contributed by atoms with Crippen molar-refractivity contribution in [3.63, 3.8) is 0 Å². The molecule has 3 nitrogen and oxygen atoms in total. The summed E-state index contributed by atoms with van der Waals surface area (Å²) in [6.07, 6.45) is 1.26.